The molecule has 0 unspecified atom stereocenters. The second-order valence-electron chi connectivity index (χ2n) is 6.31. The van der Waals surface area contributed by atoms with Crippen LogP contribution in [-0.4, -0.2) is 40.5 Å². The maximum Gasteiger partial charge on any atom is 0.321 e. The van der Waals surface area contributed by atoms with Gasteiger partial charge >= 0.3 is 6.03 Å². The predicted molar refractivity (Wildman–Crippen MR) is 101 cm³/mol. The van der Waals surface area contributed by atoms with Crippen molar-refractivity contribution in [3.63, 3.8) is 0 Å². The Kier molecular flexibility index (Phi) is 6.33. The summed E-state index contributed by atoms with van der Waals surface area (Å²) in [5.74, 6) is 0.681. The van der Waals surface area contributed by atoms with Crippen molar-refractivity contribution in [1.29, 1.82) is 0 Å². The number of benzene rings is 1. The summed E-state index contributed by atoms with van der Waals surface area (Å²) in [6.07, 6.45) is 4.14. The van der Waals surface area contributed by atoms with Crippen molar-refractivity contribution in [1.82, 2.24) is 20.8 Å². The Balaban J connectivity index is 1.52. The average molecular weight is 390 g/mol. The lowest BCUT2D eigenvalue weighted by molar-refractivity contribution is -0.119. The highest BCUT2D eigenvalue weighted by molar-refractivity contribution is 8.00. The number of hydrogen-bond donors (Lipinski definition) is 2. The Bertz CT molecular complexity index is 787. The number of nitrogens with zero attached hydrogens (tertiary/aromatic N) is 2. The molecular formula is C18H22N4O4S. The van der Waals surface area contributed by atoms with Crippen LogP contribution in [0.25, 0.3) is 11.5 Å². The van der Waals surface area contributed by atoms with Gasteiger partial charge in [-0.25, -0.2) is 4.79 Å². The zero-order chi connectivity index (χ0) is 19.2. The van der Waals surface area contributed by atoms with Crippen LogP contribution in [0.2, 0.25) is 0 Å². The third-order valence-electron chi connectivity index (χ3n) is 4.32. The largest absolute Gasteiger partial charge is 0.497 e. The van der Waals surface area contributed by atoms with E-state index in [0.29, 0.717) is 5.89 Å². The summed E-state index contributed by atoms with van der Waals surface area (Å²) in [4.78, 5) is 24.1. The summed E-state index contributed by atoms with van der Waals surface area (Å²) in [6.45, 7) is 1.68. The molecule has 2 N–H and O–H groups in total. The van der Waals surface area contributed by atoms with Gasteiger partial charge in [0, 0.05) is 11.6 Å². The summed E-state index contributed by atoms with van der Waals surface area (Å²) in [5, 5.41) is 12.8. The molecule has 3 amide bonds. The topological polar surface area (TPSA) is 106 Å². The Hall–Kier alpha value is -2.55. The zero-order valence-electron chi connectivity index (χ0n) is 15.2. The number of aromatic nitrogens is 2. The van der Waals surface area contributed by atoms with Crippen molar-refractivity contribution in [3.8, 4) is 17.2 Å². The molecule has 3 rings (SSSR count). The Labute approximate surface area is 161 Å². The fourth-order valence-electron chi connectivity index (χ4n) is 2.82. The first kappa shape index (κ1) is 19.2. The Morgan fingerprint density at radius 1 is 1.22 bits per heavy atom. The number of urea groups is 1. The minimum Gasteiger partial charge on any atom is -0.497 e. The maximum atomic E-state index is 12.2. The lowest BCUT2D eigenvalue weighted by Crippen LogP contribution is -2.45. The number of carbonyl (C=O) groups excluding carboxylic acids is 2. The molecule has 1 heterocycles. The van der Waals surface area contributed by atoms with Crippen LogP contribution in [0.15, 0.2) is 33.9 Å². The zero-order valence-corrected chi connectivity index (χ0v) is 16.0. The van der Waals surface area contributed by atoms with Gasteiger partial charge in [-0.05, 0) is 44.0 Å². The van der Waals surface area contributed by atoms with Crippen molar-refractivity contribution >= 4 is 23.7 Å². The van der Waals surface area contributed by atoms with Gasteiger partial charge in [0.1, 0.15) is 5.75 Å². The molecule has 0 spiro atoms. The molecule has 1 saturated carbocycles. The van der Waals surface area contributed by atoms with Crippen LogP contribution in [0.3, 0.4) is 0 Å². The van der Waals surface area contributed by atoms with Crippen LogP contribution < -0.4 is 15.4 Å². The number of ether oxygens (including phenoxy) is 1. The highest BCUT2D eigenvalue weighted by Crippen LogP contribution is 2.27. The number of methoxy groups -OCH3 is 1. The molecule has 1 aliphatic carbocycles. The molecule has 1 aliphatic rings. The van der Waals surface area contributed by atoms with Crippen LogP contribution in [0.5, 0.6) is 5.75 Å². The van der Waals surface area contributed by atoms with E-state index >= 15 is 0 Å². The monoisotopic (exact) mass is 390 g/mol. The third-order valence-corrected chi connectivity index (χ3v) is 5.25. The van der Waals surface area contributed by atoms with Gasteiger partial charge in [-0.3, -0.25) is 10.1 Å². The molecule has 0 saturated heterocycles. The Morgan fingerprint density at radius 3 is 2.59 bits per heavy atom. The molecule has 144 valence electrons. The van der Waals surface area contributed by atoms with Crippen molar-refractivity contribution in [2.45, 2.75) is 49.1 Å². The molecule has 0 aliphatic heterocycles. The maximum absolute atomic E-state index is 12.2. The molecule has 0 radical (unpaired) electrons. The minimum absolute atomic E-state index is 0.156. The van der Waals surface area contributed by atoms with E-state index in [0.717, 1.165) is 48.8 Å². The highest BCUT2D eigenvalue weighted by atomic mass is 32.2. The number of thioether (sulfide) groups is 1. The number of amides is 3. The third kappa shape index (κ3) is 5.22. The van der Waals surface area contributed by atoms with Crippen LogP contribution >= 0.6 is 11.8 Å². The van der Waals surface area contributed by atoms with Gasteiger partial charge < -0.3 is 14.5 Å². The van der Waals surface area contributed by atoms with E-state index in [4.69, 9.17) is 9.15 Å². The summed E-state index contributed by atoms with van der Waals surface area (Å²) in [5.41, 5.74) is 0.753. The molecule has 27 heavy (non-hydrogen) atoms. The van der Waals surface area contributed by atoms with Gasteiger partial charge in [0.25, 0.3) is 5.22 Å². The summed E-state index contributed by atoms with van der Waals surface area (Å²) in [7, 11) is 1.59. The van der Waals surface area contributed by atoms with Crippen LogP contribution in [0, 0.1) is 0 Å². The van der Waals surface area contributed by atoms with Crippen molar-refractivity contribution in [3.05, 3.63) is 24.3 Å². The predicted octanol–water partition coefficient (Wildman–Crippen LogP) is 2.99. The van der Waals surface area contributed by atoms with Crippen molar-refractivity contribution in [2.24, 2.45) is 0 Å². The smallest absolute Gasteiger partial charge is 0.321 e. The highest BCUT2D eigenvalue weighted by Gasteiger charge is 2.22. The summed E-state index contributed by atoms with van der Waals surface area (Å²) < 4.78 is 10.7. The summed E-state index contributed by atoms with van der Waals surface area (Å²) >= 11 is 1.10. The van der Waals surface area contributed by atoms with Gasteiger partial charge in [0.15, 0.2) is 0 Å². The molecule has 8 nitrogen and oxygen atoms in total. The van der Waals surface area contributed by atoms with E-state index in [1.54, 1.807) is 26.2 Å². The Morgan fingerprint density at radius 2 is 1.93 bits per heavy atom. The SMILES string of the molecule is COc1ccc(-c2nnc(S[C@@H](C)C(=O)NC(=O)NC3CCCC3)o2)cc1. The molecule has 9 heteroatoms. The number of imide groups is 1. The van der Waals surface area contributed by atoms with E-state index in [1.165, 1.54) is 0 Å². The van der Waals surface area contributed by atoms with E-state index in [1.807, 2.05) is 12.1 Å². The van der Waals surface area contributed by atoms with E-state index in [2.05, 4.69) is 20.8 Å². The van der Waals surface area contributed by atoms with Gasteiger partial charge in [-0.15, -0.1) is 10.2 Å². The number of rotatable bonds is 6. The summed E-state index contributed by atoms with van der Waals surface area (Å²) in [6, 6.07) is 6.92. The minimum atomic E-state index is -0.552. The van der Waals surface area contributed by atoms with E-state index in [9.17, 15) is 9.59 Å². The van der Waals surface area contributed by atoms with E-state index in [-0.39, 0.29) is 11.3 Å². The standard InChI is InChI=1S/C18H22N4O4S/c1-11(15(23)20-17(24)19-13-5-3-4-6-13)27-18-22-21-16(26-18)12-7-9-14(25-2)10-8-12/h7-11,13H,3-6H2,1-2H3,(H2,19,20,23,24)/t11-/m0/s1. The number of nitrogens with one attached hydrogen (secondary N) is 2. The number of carbonyl (C=O) groups is 2. The molecule has 1 atom stereocenters. The van der Waals surface area contributed by atoms with Gasteiger partial charge in [-0.1, -0.05) is 24.6 Å². The van der Waals surface area contributed by atoms with Crippen molar-refractivity contribution < 1.29 is 18.7 Å². The molecule has 1 aromatic heterocycles. The number of hydrogen-bond acceptors (Lipinski definition) is 7. The van der Waals surface area contributed by atoms with Crippen LogP contribution in [-0.2, 0) is 4.79 Å². The average Bonchev–Trinajstić information content (AvgIpc) is 3.33. The molecule has 1 fully saturated rings. The van der Waals surface area contributed by atoms with E-state index < -0.39 is 17.2 Å². The van der Waals surface area contributed by atoms with Gasteiger partial charge in [-0.2, -0.15) is 0 Å². The first-order chi connectivity index (χ1) is 13.0. The fourth-order valence-corrected chi connectivity index (χ4v) is 3.50. The molecule has 0 bridgehead atoms. The van der Waals surface area contributed by atoms with Gasteiger partial charge in [0.05, 0.1) is 12.4 Å². The molecule has 1 aromatic carbocycles. The lowest BCUT2D eigenvalue weighted by Gasteiger charge is -2.13. The first-order valence-electron chi connectivity index (χ1n) is 8.81. The quantitative estimate of drug-likeness (QED) is 0.730. The van der Waals surface area contributed by atoms with Crippen LogP contribution in [0.4, 0.5) is 4.79 Å². The second kappa shape index (κ2) is 8.90. The molecule has 2 aromatic rings. The van der Waals surface area contributed by atoms with Gasteiger partial charge in [0.2, 0.25) is 11.8 Å². The fraction of sp³-hybridized carbons (Fsp3) is 0.444. The van der Waals surface area contributed by atoms with Crippen LogP contribution in [0.1, 0.15) is 32.6 Å². The normalized spacial score (nSPS) is 15.3. The molecular weight excluding hydrogens is 368 g/mol. The first-order valence-corrected chi connectivity index (χ1v) is 9.69. The lowest BCUT2D eigenvalue weighted by atomic mass is 10.2. The van der Waals surface area contributed by atoms with Crippen molar-refractivity contribution in [2.75, 3.05) is 7.11 Å². The second-order valence-corrected chi connectivity index (χ2v) is 7.60.